The van der Waals surface area contributed by atoms with Crippen molar-refractivity contribution < 1.29 is 4.79 Å². The van der Waals surface area contributed by atoms with Gasteiger partial charge in [-0.1, -0.05) is 42.1 Å². The van der Waals surface area contributed by atoms with E-state index in [4.69, 9.17) is 0 Å². The molecule has 3 aromatic rings. The fourth-order valence-corrected chi connectivity index (χ4v) is 3.38. The van der Waals surface area contributed by atoms with Crippen LogP contribution in [0, 0.1) is 6.92 Å². The second-order valence-corrected chi connectivity index (χ2v) is 7.02. The second kappa shape index (κ2) is 6.61. The van der Waals surface area contributed by atoms with Crippen LogP contribution in [0.15, 0.2) is 58.5 Å². The Bertz CT molecular complexity index is 979. The van der Waals surface area contributed by atoms with Crippen LogP contribution in [-0.4, -0.2) is 20.6 Å². The lowest BCUT2D eigenvalue weighted by atomic mass is 10.2. The van der Waals surface area contributed by atoms with Crippen molar-refractivity contribution in [3.63, 3.8) is 0 Å². The van der Waals surface area contributed by atoms with E-state index < -0.39 is 0 Å². The van der Waals surface area contributed by atoms with E-state index in [1.807, 2.05) is 56.3 Å². The van der Waals surface area contributed by atoms with E-state index in [0.29, 0.717) is 16.1 Å². The van der Waals surface area contributed by atoms with E-state index in [1.54, 1.807) is 17.6 Å². The van der Waals surface area contributed by atoms with Gasteiger partial charge in [0.05, 0.1) is 21.8 Å². The molecule has 0 saturated carbocycles. The van der Waals surface area contributed by atoms with Gasteiger partial charge >= 0.3 is 0 Å². The van der Waals surface area contributed by atoms with Gasteiger partial charge in [-0.25, -0.2) is 4.98 Å². The van der Waals surface area contributed by atoms with Crippen LogP contribution in [0.1, 0.15) is 19.4 Å². The first-order chi connectivity index (χ1) is 11.5. The number of aromatic nitrogens is 2. The van der Waals surface area contributed by atoms with Crippen LogP contribution in [0.2, 0.25) is 0 Å². The van der Waals surface area contributed by atoms with Crippen molar-refractivity contribution in [1.29, 1.82) is 0 Å². The maximum absolute atomic E-state index is 13.1. The smallest absolute Gasteiger partial charge is 0.266 e. The molecule has 0 aliphatic heterocycles. The molecule has 1 unspecified atom stereocenters. The predicted octanol–water partition coefficient (Wildman–Crippen LogP) is 3.76. The summed E-state index contributed by atoms with van der Waals surface area (Å²) in [5.41, 5.74) is 2.30. The Hall–Kier alpha value is -2.40. The van der Waals surface area contributed by atoms with Gasteiger partial charge in [-0.2, -0.15) is 0 Å². The van der Waals surface area contributed by atoms with E-state index in [9.17, 15) is 9.59 Å². The highest BCUT2D eigenvalue weighted by Gasteiger charge is 2.18. The number of benzene rings is 2. The van der Waals surface area contributed by atoms with Gasteiger partial charge in [0.2, 0.25) is 0 Å². The summed E-state index contributed by atoms with van der Waals surface area (Å²) < 4.78 is 1.61. The lowest BCUT2D eigenvalue weighted by Crippen LogP contribution is -2.23. The van der Waals surface area contributed by atoms with E-state index in [1.165, 1.54) is 11.8 Å². The van der Waals surface area contributed by atoms with Gasteiger partial charge in [0.1, 0.15) is 5.78 Å². The fourth-order valence-electron chi connectivity index (χ4n) is 2.46. The van der Waals surface area contributed by atoms with Crippen molar-refractivity contribution in [2.75, 3.05) is 0 Å². The van der Waals surface area contributed by atoms with Crippen molar-refractivity contribution in [2.45, 2.75) is 31.2 Å². The number of aryl methyl sites for hydroxylation is 1. The Balaban J connectivity index is 2.32. The summed E-state index contributed by atoms with van der Waals surface area (Å²) in [7, 11) is 0. The Kier molecular flexibility index (Phi) is 4.53. The molecule has 0 aliphatic rings. The van der Waals surface area contributed by atoms with Crippen molar-refractivity contribution >= 4 is 28.4 Å². The Morgan fingerprint density at radius 3 is 2.50 bits per heavy atom. The molecular weight excluding hydrogens is 320 g/mol. The SMILES string of the molecule is CC(=O)C(C)Sc1nc2ccccc2c(=O)n1-c1ccccc1C. The first kappa shape index (κ1) is 16.5. The maximum Gasteiger partial charge on any atom is 0.266 e. The van der Waals surface area contributed by atoms with E-state index in [-0.39, 0.29) is 16.6 Å². The molecule has 0 N–H and O–H groups in total. The Morgan fingerprint density at radius 2 is 1.79 bits per heavy atom. The van der Waals surface area contributed by atoms with Crippen LogP contribution in [0.5, 0.6) is 0 Å². The summed E-state index contributed by atoms with van der Waals surface area (Å²) >= 11 is 1.31. The molecule has 122 valence electrons. The zero-order valence-corrected chi connectivity index (χ0v) is 14.6. The molecular formula is C19H18N2O2S. The molecule has 1 atom stereocenters. The highest BCUT2D eigenvalue weighted by Crippen LogP contribution is 2.26. The van der Waals surface area contributed by atoms with Crippen molar-refractivity contribution in [3.8, 4) is 5.69 Å². The van der Waals surface area contributed by atoms with Gasteiger partial charge < -0.3 is 0 Å². The topological polar surface area (TPSA) is 52.0 Å². The minimum absolute atomic E-state index is 0.0544. The summed E-state index contributed by atoms with van der Waals surface area (Å²) in [5.74, 6) is 0.0544. The number of rotatable bonds is 4. The quantitative estimate of drug-likeness (QED) is 0.537. The van der Waals surface area contributed by atoms with Crippen LogP contribution in [0.3, 0.4) is 0 Å². The lowest BCUT2D eigenvalue weighted by Gasteiger charge is -2.16. The minimum Gasteiger partial charge on any atom is -0.299 e. The van der Waals surface area contributed by atoms with Crippen LogP contribution < -0.4 is 5.56 Å². The highest BCUT2D eigenvalue weighted by atomic mass is 32.2. The average Bonchev–Trinajstić information content (AvgIpc) is 2.56. The molecule has 0 radical (unpaired) electrons. The fraction of sp³-hybridized carbons (Fsp3) is 0.211. The normalized spacial score (nSPS) is 12.3. The molecule has 1 heterocycles. The standard InChI is InChI=1S/C19H18N2O2S/c1-12-8-4-7-11-17(12)21-18(23)15-9-5-6-10-16(15)20-19(21)24-14(3)13(2)22/h4-11,14H,1-3H3. The zero-order valence-electron chi connectivity index (χ0n) is 13.8. The molecule has 24 heavy (non-hydrogen) atoms. The molecule has 1 aromatic heterocycles. The van der Waals surface area contributed by atoms with Crippen molar-refractivity contribution in [1.82, 2.24) is 9.55 Å². The third-order valence-corrected chi connectivity index (χ3v) is 5.13. The lowest BCUT2D eigenvalue weighted by molar-refractivity contribution is -0.116. The number of hydrogen-bond donors (Lipinski definition) is 0. The highest BCUT2D eigenvalue weighted by molar-refractivity contribution is 8.00. The van der Waals surface area contributed by atoms with E-state index in [2.05, 4.69) is 4.98 Å². The third-order valence-electron chi connectivity index (χ3n) is 3.96. The molecule has 3 rings (SSSR count). The number of Topliss-reactive ketones (excluding diaryl/α,β-unsaturated/α-hetero) is 1. The van der Waals surface area contributed by atoms with Gasteiger partial charge in [-0.05, 0) is 44.5 Å². The monoisotopic (exact) mass is 338 g/mol. The number of fused-ring (bicyclic) bond motifs is 1. The number of nitrogens with zero attached hydrogens (tertiary/aromatic N) is 2. The second-order valence-electron chi connectivity index (χ2n) is 5.71. The Morgan fingerprint density at radius 1 is 1.12 bits per heavy atom. The van der Waals surface area contributed by atoms with E-state index in [0.717, 1.165) is 11.3 Å². The van der Waals surface area contributed by atoms with Crippen molar-refractivity contribution in [3.05, 3.63) is 64.4 Å². The molecule has 0 saturated heterocycles. The molecule has 0 bridgehead atoms. The number of ketones is 1. The summed E-state index contributed by atoms with van der Waals surface area (Å²) in [6, 6.07) is 15.0. The molecule has 2 aromatic carbocycles. The number of carbonyl (C=O) groups is 1. The summed E-state index contributed by atoms with van der Waals surface area (Å²) in [6.45, 7) is 5.34. The Labute approximate surface area is 144 Å². The number of carbonyl (C=O) groups excluding carboxylic acids is 1. The van der Waals surface area contributed by atoms with Crippen LogP contribution in [0.4, 0.5) is 0 Å². The van der Waals surface area contributed by atoms with Gasteiger partial charge in [-0.3, -0.25) is 14.2 Å². The summed E-state index contributed by atoms with van der Waals surface area (Å²) in [4.78, 5) is 29.4. The number of hydrogen-bond acceptors (Lipinski definition) is 4. The first-order valence-electron chi connectivity index (χ1n) is 7.74. The van der Waals surface area contributed by atoms with Crippen molar-refractivity contribution in [2.24, 2.45) is 0 Å². The average molecular weight is 338 g/mol. The molecule has 0 aliphatic carbocycles. The molecule has 0 fully saturated rings. The van der Waals surface area contributed by atoms with Gasteiger partial charge in [0.25, 0.3) is 5.56 Å². The molecule has 0 spiro atoms. The number of para-hydroxylation sites is 2. The largest absolute Gasteiger partial charge is 0.299 e. The van der Waals surface area contributed by atoms with E-state index >= 15 is 0 Å². The molecule has 5 heteroatoms. The molecule has 4 nitrogen and oxygen atoms in total. The summed E-state index contributed by atoms with van der Waals surface area (Å²) in [6.07, 6.45) is 0. The molecule has 0 amide bonds. The van der Waals surface area contributed by atoms with Crippen LogP contribution >= 0.6 is 11.8 Å². The third kappa shape index (κ3) is 2.99. The summed E-state index contributed by atoms with van der Waals surface area (Å²) in [5, 5.41) is 0.838. The van der Waals surface area contributed by atoms with Gasteiger partial charge in [0.15, 0.2) is 5.16 Å². The predicted molar refractivity (Wildman–Crippen MR) is 98.1 cm³/mol. The first-order valence-corrected chi connectivity index (χ1v) is 8.62. The van der Waals surface area contributed by atoms with Gasteiger partial charge in [-0.15, -0.1) is 0 Å². The minimum atomic E-state index is -0.270. The van der Waals surface area contributed by atoms with Crippen LogP contribution in [-0.2, 0) is 4.79 Å². The maximum atomic E-state index is 13.1. The number of thioether (sulfide) groups is 1. The zero-order chi connectivity index (χ0) is 17.3. The van der Waals surface area contributed by atoms with Crippen LogP contribution in [0.25, 0.3) is 16.6 Å². The van der Waals surface area contributed by atoms with Gasteiger partial charge in [0, 0.05) is 0 Å².